The Hall–Kier alpha value is -1.56. The van der Waals surface area contributed by atoms with Crippen LogP contribution >= 0.6 is 11.8 Å². The highest BCUT2D eigenvalue weighted by atomic mass is 32.2. The van der Waals surface area contributed by atoms with Crippen LogP contribution in [0.5, 0.6) is 0 Å². The first-order valence-electron chi connectivity index (χ1n) is 6.26. The normalized spacial score (nSPS) is 20.9. The predicted octanol–water partition coefficient (Wildman–Crippen LogP) is 1.68. The second-order valence-corrected chi connectivity index (χ2v) is 5.83. The molecule has 2 heterocycles. The van der Waals surface area contributed by atoms with Gasteiger partial charge in [-0.25, -0.2) is 0 Å². The number of hydrogen-bond acceptors (Lipinski definition) is 5. The fraction of sp³-hybridized carbons (Fsp3) is 0.462. The van der Waals surface area contributed by atoms with Gasteiger partial charge in [0.25, 0.3) is 0 Å². The zero-order valence-corrected chi connectivity index (χ0v) is 11.8. The Morgan fingerprint density at radius 3 is 2.95 bits per heavy atom. The first kappa shape index (κ1) is 13.9. The highest BCUT2D eigenvalue weighted by Gasteiger charge is 2.41. The van der Waals surface area contributed by atoms with Gasteiger partial charge in [-0.3, -0.25) is 19.5 Å². The molecule has 0 radical (unpaired) electrons. The van der Waals surface area contributed by atoms with Gasteiger partial charge >= 0.3 is 0 Å². The van der Waals surface area contributed by atoms with Crippen molar-refractivity contribution in [1.29, 1.82) is 0 Å². The van der Waals surface area contributed by atoms with E-state index in [0.717, 1.165) is 11.3 Å². The van der Waals surface area contributed by atoms with E-state index in [1.54, 1.807) is 18.5 Å². The Labute approximate surface area is 116 Å². The number of rotatable bonds is 4. The third-order valence-electron chi connectivity index (χ3n) is 3.25. The largest absolute Gasteiger partial charge is 0.397 e. The number of pyridine rings is 1. The molecule has 1 aliphatic rings. The molecule has 1 aromatic heterocycles. The van der Waals surface area contributed by atoms with Crippen LogP contribution in [-0.4, -0.2) is 33.0 Å². The molecule has 2 amide bonds. The van der Waals surface area contributed by atoms with Crippen LogP contribution in [0, 0.1) is 0 Å². The monoisotopic (exact) mass is 279 g/mol. The zero-order chi connectivity index (χ0) is 14.0. The molecule has 2 N–H and O–H groups in total. The number of amides is 2. The van der Waals surface area contributed by atoms with Crippen LogP contribution in [0.15, 0.2) is 23.4 Å². The van der Waals surface area contributed by atoms with Gasteiger partial charge in [-0.2, -0.15) is 0 Å². The summed E-state index contributed by atoms with van der Waals surface area (Å²) in [5.41, 5.74) is 6.34. The van der Waals surface area contributed by atoms with Gasteiger partial charge in [-0.1, -0.05) is 6.92 Å². The van der Waals surface area contributed by atoms with Gasteiger partial charge in [0, 0.05) is 23.6 Å². The number of nitrogens with zero attached hydrogens (tertiary/aromatic N) is 2. The highest BCUT2D eigenvalue weighted by Crippen LogP contribution is 2.34. The number of carbonyl (C=O) groups excluding carboxylic acids is 2. The molecule has 1 aliphatic heterocycles. The summed E-state index contributed by atoms with van der Waals surface area (Å²) in [4.78, 5) is 30.3. The van der Waals surface area contributed by atoms with E-state index < -0.39 is 0 Å². The van der Waals surface area contributed by atoms with E-state index in [4.69, 9.17) is 5.73 Å². The standard InChI is InChI=1S/C13H17N3O2S/c1-3-8(2)16-12(17)6-11(13(16)18)19-10-4-5-15-7-9(10)14/h4-5,7-8,11H,3,6,14H2,1-2H3. The van der Waals surface area contributed by atoms with Crippen molar-refractivity contribution >= 4 is 29.3 Å². The number of aromatic nitrogens is 1. The molecule has 0 bridgehead atoms. The lowest BCUT2D eigenvalue weighted by atomic mass is 10.2. The summed E-state index contributed by atoms with van der Waals surface area (Å²) < 4.78 is 0. The summed E-state index contributed by atoms with van der Waals surface area (Å²) in [7, 11) is 0. The number of anilines is 1. The third-order valence-corrected chi connectivity index (χ3v) is 4.53. The first-order chi connectivity index (χ1) is 9.04. The summed E-state index contributed by atoms with van der Waals surface area (Å²) in [5.74, 6) is -0.204. The summed E-state index contributed by atoms with van der Waals surface area (Å²) in [6.45, 7) is 3.86. The number of carbonyl (C=O) groups is 2. The van der Waals surface area contributed by atoms with Crippen LogP contribution in [0.1, 0.15) is 26.7 Å². The van der Waals surface area contributed by atoms with Crippen molar-refractivity contribution in [2.75, 3.05) is 5.73 Å². The molecule has 2 atom stereocenters. The molecule has 5 nitrogen and oxygen atoms in total. The Balaban J connectivity index is 2.14. The molecule has 1 saturated heterocycles. The van der Waals surface area contributed by atoms with E-state index in [-0.39, 0.29) is 29.5 Å². The fourth-order valence-corrected chi connectivity index (χ4v) is 3.09. The zero-order valence-electron chi connectivity index (χ0n) is 11.0. The van der Waals surface area contributed by atoms with Crippen molar-refractivity contribution in [3.8, 4) is 0 Å². The predicted molar refractivity (Wildman–Crippen MR) is 74.5 cm³/mol. The van der Waals surface area contributed by atoms with Crippen LogP contribution in [0.3, 0.4) is 0 Å². The molecule has 6 heteroatoms. The number of nitrogens with two attached hydrogens (primary N) is 1. The number of likely N-dealkylation sites (tertiary alicyclic amines) is 1. The van der Waals surface area contributed by atoms with Gasteiger partial charge in [-0.05, 0) is 19.4 Å². The van der Waals surface area contributed by atoms with Crippen molar-refractivity contribution in [3.63, 3.8) is 0 Å². The van der Waals surface area contributed by atoms with Crippen LogP contribution in [-0.2, 0) is 9.59 Å². The quantitative estimate of drug-likeness (QED) is 0.849. The smallest absolute Gasteiger partial charge is 0.243 e. The van der Waals surface area contributed by atoms with Crippen molar-refractivity contribution < 1.29 is 9.59 Å². The van der Waals surface area contributed by atoms with Gasteiger partial charge in [0.1, 0.15) is 0 Å². The van der Waals surface area contributed by atoms with Gasteiger partial charge in [0.2, 0.25) is 11.8 Å². The summed E-state index contributed by atoms with van der Waals surface area (Å²) >= 11 is 1.34. The van der Waals surface area contributed by atoms with E-state index in [1.807, 2.05) is 13.8 Å². The number of hydrogen-bond donors (Lipinski definition) is 1. The molecular formula is C13H17N3O2S. The maximum atomic E-state index is 12.3. The Morgan fingerprint density at radius 1 is 1.58 bits per heavy atom. The number of imide groups is 1. The molecule has 102 valence electrons. The minimum atomic E-state index is -0.369. The maximum absolute atomic E-state index is 12.3. The van der Waals surface area contributed by atoms with E-state index in [0.29, 0.717) is 5.69 Å². The molecule has 1 fully saturated rings. The highest BCUT2D eigenvalue weighted by molar-refractivity contribution is 8.00. The number of thioether (sulfide) groups is 1. The van der Waals surface area contributed by atoms with Crippen LogP contribution in [0.25, 0.3) is 0 Å². The molecule has 2 rings (SSSR count). The van der Waals surface area contributed by atoms with Gasteiger partial charge in [0.05, 0.1) is 17.1 Å². The Bertz CT molecular complexity index is 506. The average molecular weight is 279 g/mol. The molecule has 0 aromatic carbocycles. The van der Waals surface area contributed by atoms with Gasteiger partial charge in [0.15, 0.2) is 0 Å². The first-order valence-corrected chi connectivity index (χ1v) is 7.14. The minimum absolute atomic E-state index is 0.0413. The van der Waals surface area contributed by atoms with Crippen molar-refractivity contribution in [2.45, 2.75) is 42.9 Å². The molecule has 0 aliphatic carbocycles. The van der Waals surface area contributed by atoms with E-state index in [2.05, 4.69) is 4.98 Å². The lowest BCUT2D eigenvalue weighted by Gasteiger charge is -2.21. The molecule has 19 heavy (non-hydrogen) atoms. The molecular weight excluding hydrogens is 262 g/mol. The fourth-order valence-electron chi connectivity index (χ4n) is 2.01. The van der Waals surface area contributed by atoms with Crippen LogP contribution < -0.4 is 5.73 Å². The molecule has 1 aromatic rings. The number of nitrogen functional groups attached to an aromatic ring is 1. The molecule has 0 spiro atoms. The van der Waals surface area contributed by atoms with Crippen LogP contribution in [0.4, 0.5) is 5.69 Å². The Morgan fingerprint density at radius 2 is 2.32 bits per heavy atom. The van der Waals surface area contributed by atoms with E-state index in [1.165, 1.54) is 16.7 Å². The van der Waals surface area contributed by atoms with Crippen molar-refractivity contribution in [3.05, 3.63) is 18.5 Å². The van der Waals surface area contributed by atoms with Crippen molar-refractivity contribution in [1.82, 2.24) is 9.88 Å². The van der Waals surface area contributed by atoms with Crippen molar-refractivity contribution in [2.24, 2.45) is 0 Å². The average Bonchev–Trinajstić information content (AvgIpc) is 2.66. The lowest BCUT2D eigenvalue weighted by molar-refractivity contribution is -0.140. The van der Waals surface area contributed by atoms with Gasteiger partial charge < -0.3 is 5.73 Å². The molecule has 0 saturated carbocycles. The SMILES string of the molecule is CCC(C)N1C(=O)CC(Sc2ccncc2N)C1=O. The third kappa shape index (κ3) is 2.73. The Kier molecular flexibility index (Phi) is 4.09. The van der Waals surface area contributed by atoms with Gasteiger partial charge in [-0.15, -0.1) is 11.8 Å². The summed E-state index contributed by atoms with van der Waals surface area (Å²) in [6, 6.07) is 1.73. The second kappa shape index (κ2) is 5.61. The lowest BCUT2D eigenvalue weighted by Crippen LogP contribution is -2.38. The summed E-state index contributed by atoms with van der Waals surface area (Å²) in [6.07, 6.45) is 4.20. The molecule has 2 unspecified atom stereocenters. The summed E-state index contributed by atoms with van der Waals surface area (Å²) in [5, 5.41) is -0.369. The van der Waals surface area contributed by atoms with Crippen LogP contribution in [0.2, 0.25) is 0 Å². The topological polar surface area (TPSA) is 76.3 Å². The maximum Gasteiger partial charge on any atom is 0.243 e. The van der Waals surface area contributed by atoms with E-state index >= 15 is 0 Å². The second-order valence-electron chi connectivity index (χ2n) is 4.58. The minimum Gasteiger partial charge on any atom is -0.397 e. The van der Waals surface area contributed by atoms with E-state index in [9.17, 15) is 9.59 Å².